The standard InChI is InChI=1S/C15H13O4P/c1-2-13(16)11-8-9-14-15(10-11)19-20(17,18-14)12-6-4-3-5-7-12/h3-10H,2H2,1H3. The summed E-state index contributed by atoms with van der Waals surface area (Å²) < 4.78 is 23.7. The third kappa shape index (κ3) is 2.12. The zero-order valence-electron chi connectivity index (χ0n) is 10.9. The molecule has 1 aliphatic rings. The molecular weight excluding hydrogens is 275 g/mol. The first kappa shape index (κ1) is 12.9. The van der Waals surface area contributed by atoms with Gasteiger partial charge in [-0.2, -0.15) is 0 Å². The number of hydrogen-bond donors (Lipinski definition) is 0. The summed E-state index contributed by atoms with van der Waals surface area (Å²) in [6.07, 6.45) is 0.413. The Morgan fingerprint density at radius 2 is 1.75 bits per heavy atom. The van der Waals surface area contributed by atoms with Crippen molar-refractivity contribution in [2.24, 2.45) is 0 Å². The van der Waals surface area contributed by atoms with Crippen molar-refractivity contribution >= 4 is 18.7 Å². The van der Waals surface area contributed by atoms with Crippen molar-refractivity contribution in [3.63, 3.8) is 0 Å². The van der Waals surface area contributed by atoms with E-state index < -0.39 is 7.60 Å². The van der Waals surface area contributed by atoms with Gasteiger partial charge in [-0.05, 0) is 30.3 Å². The number of Topliss-reactive ketones (excluding diaryl/α,β-unsaturated/α-hetero) is 1. The van der Waals surface area contributed by atoms with Crippen molar-refractivity contribution in [2.45, 2.75) is 13.3 Å². The summed E-state index contributed by atoms with van der Waals surface area (Å²) in [7, 11) is -3.37. The number of hydrogen-bond acceptors (Lipinski definition) is 4. The Labute approximate surface area is 116 Å². The molecule has 0 aromatic heterocycles. The van der Waals surface area contributed by atoms with Gasteiger partial charge in [-0.15, -0.1) is 0 Å². The molecule has 0 spiro atoms. The monoisotopic (exact) mass is 288 g/mol. The topological polar surface area (TPSA) is 52.6 Å². The number of carbonyl (C=O) groups excluding carboxylic acids is 1. The molecule has 1 aliphatic heterocycles. The molecule has 0 N–H and O–H groups in total. The second-order valence-corrected chi connectivity index (χ2v) is 6.33. The van der Waals surface area contributed by atoms with Crippen molar-refractivity contribution < 1.29 is 18.4 Å². The lowest BCUT2D eigenvalue weighted by molar-refractivity contribution is 0.0988. The molecule has 1 atom stereocenters. The molecule has 2 aromatic rings. The number of ketones is 1. The van der Waals surface area contributed by atoms with E-state index in [0.29, 0.717) is 28.8 Å². The molecule has 4 nitrogen and oxygen atoms in total. The second-order valence-electron chi connectivity index (χ2n) is 4.45. The molecule has 0 saturated carbocycles. The summed E-state index contributed by atoms with van der Waals surface area (Å²) in [5, 5.41) is 0.500. The first-order valence-electron chi connectivity index (χ1n) is 6.34. The van der Waals surface area contributed by atoms with E-state index in [0.717, 1.165) is 0 Å². The number of benzene rings is 2. The van der Waals surface area contributed by atoms with Crippen LogP contribution in [0, 0.1) is 0 Å². The van der Waals surface area contributed by atoms with Gasteiger partial charge in [0.2, 0.25) is 0 Å². The Hall–Kier alpha value is -2.06. The smallest absolute Gasteiger partial charge is 0.409 e. The highest BCUT2D eigenvalue weighted by molar-refractivity contribution is 7.63. The van der Waals surface area contributed by atoms with E-state index in [1.54, 1.807) is 49.4 Å². The molecule has 0 radical (unpaired) electrons. The zero-order valence-corrected chi connectivity index (χ0v) is 11.8. The number of rotatable bonds is 3. The van der Waals surface area contributed by atoms with Crippen LogP contribution >= 0.6 is 7.60 Å². The van der Waals surface area contributed by atoms with Crippen LogP contribution in [0.4, 0.5) is 0 Å². The first-order chi connectivity index (χ1) is 9.62. The maximum absolute atomic E-state index is 12.7. The molecule has 5 heteroatoms. The van der Waals surface area contributed by atoms with Crippen LogP contribution in [0.2, 0.25) is 0 Å². The average Bonchev–Trinajstić information content (AvgIpc) is 2.84. The van der Waals surface area contributed by atoms with E-state index in [-0.39, 0.29) is 5.78 Å². The van der Waals surface area contributed by atoms with Crippen LogP contribution in [0.3, 0.4) is 0 Å². The molecule has 102 valence electrons. The number of carbonyl (C=O) groups is 1. The Morgan fingerprint density at radius 1 is 1.05 bits per heavy atom. The molecular formula is C15H13O4P. The minimum absolute atomic E-state index is 0.0119. The van der Waals surface area contributed by atoms with Crippen molar-refractivity contribution in [1.82, 2.24) is 0 Å². The molecule has 0 saturated heterocycles. The SMILES string of the molecule is CCC(=O)c1ccc2c(c1)OP(=O)(c1ccccc1)O2. The van der Waals surface area contributed by atoms with Gasteiger partial charge in [0.15, 0.2) is 17.3 Å². The molecule has 0 amide bonds. The summed E-state index contributed by atoms with van der Waals surface area (Å²) in [4.78, 5) is 11.7. The highest BCUT2D eigenvalue weighted by atomic mass is 31.2. The summed E-state index contributed by atoms with van der Waals surface area (Å²) in [6.45, 7) is 1.79. The van der Waals surface area contributed by atoms with Crippen LogP contribution in [-0.2, 0) is 4.57 Å². The normalized spacial score (nSPS) is 19.9. The van der Waals surface area contributed by atoms with E-state index in [1.807, 2.05) is 6.07 Å². The molecule has 0 aliphatic carbocycles. The molecule has 2 aromatic carbocycles. The molecule has 0 bridgehead atoms. The predicted molar refractivity (Wildman–Crippen MR) is 76.0 cm³/mol. The van der Waals surface area contributed by atoms with Crippen LogP contribution in [0.15, 0.2) is 48.5 Å². The van der Waals surface area contributed by atoms with E-state index in [9.17, 15) is 9.36 Å². The van der Waals surface area contributed by atoms with Gasteiger partial charge in [-0.25, -0.2) is 4.57 Å². The van der Waals surface area contributed by atoms with Crippen LogP contribution in [0.1, 0.15) is 23.7 Å². The minimum atomic E-state index is -3.37. The quantitative estimate of drug-likeness (QED) is 0.640. The van der Waals surface area contributed by atoms with Crippen LogP contribution < -0.4 is 14.4 Å². The summed E-state index contributed by atoms with van der Waals surface area (Å²) in [6, 6.07) is 13.7. The van der Waals surface area contributed by atoms with E-state index in [4.69, 9.17) is 9.05 Å². The molecule has 20 heavy (non-hydrogen) atoms. The van der Waals surface area contributed by atoms with E-state index in [2.05, 4.69) is 0 Å². The lowest BCUT2D eigenvalue weighted by Crippen LogP contribution is -2.09. The second kappa shape index (κ2) is 4.80. The van der Waals surface area contributed by atoms with Crippen molar-refractivity contribution in [3.8, 4) is 11.5 Å². The van der Waals surface area contributed by atoms with Crippen LogP contribution in [0.25, 0.3) is 0 Å². The van der Waals surface area contributed by atoms with Gasteiger partial charge in [0.1, 0.15) is 0 Å². The lowest BCUT2D eigenvalue weighted by Gasteiger charge is -2.09. The Morgan fingerprint density at radius 3 is 2.45 bits per heavy atom. The van der Waals surface area contributed by atoms with Gasteiger partial charge in [0.05, 0.1) is 5.30 Å². The largest absolute Gasteiger partial charge is 0.463 e. The fourth-order valence-electron chi connectivity index (χ4n) is 2.03. The number of fused-ring (bicyclic) bond motifs is 1. The minimum Gasteiger partial charge on any atom is -0.409 e. The van der Waals surface area contributed by atoms with Crippen molar-refractivity contribution in [3.05, 3.63) is 54.1 Å². The Balaban J connectivity index is 1.97. The summed E-state index contributed by atoms with van der Waals surface area (Å²) in [5.74, 6) is 0.777. The zero-order chi connectivity index (χ0) is 14.2. The van der Waals surface area contributed by atoms with Gasteiger partial charge in [-0.3, -0.25) is 4.79 Å². The average molecular weight is 288 g/mol. The maximum atomic E-state index is 12.7. The fourth-order valence-corrected chi connectivity index (χ4v) is 3.62. The molecule has 1 unspecified atom stereocenters. The third-order valence-corrected chi connectivity index (χ3v) is 4.90. The first-order valence-corrected chi connectivity index (χ1v) is 7.89. The van der Waals surface area contributed by atoms with Gasteiger partial charge in [0.25, 0.3) is 0 Å². The molecule has 1 heterocycles. The van der Waals surface area contributed by atoms with Crippen molar-refractivity contribution in [1.29, 1.82) is 0 Å². The van der Waals surface area contributed by atoms with Gasteiger partial charge in [-0.1, -0.05) is 25.1 Å². The molecule has 3 rings (SSSR count). The van der Waals surface area contributed by atoms with Crippen LogP contribution in [0.5, 0.6) is 11.5 Å². The van der Waals surface area contributed by atoms with Gasteiger partial charge in [0, 0.05) is 12.0 Å². The van der Waals surface area contributed by atoms with E-state index in [1.165, 1.54) is 0 Å². The van der Waals surface area contributed by atoms with Gasteiger partial charge < -0.3 is 9.05 Å². The highest BCUT2D eigenvalue weighted by Gasteiger charge is 2.38. The van der Waals surface area contributed by atoms with Crippen LogP contribution in [-0.4, -0.2) is 5.78 Å². The Bertz CT molecular complexity index is 709. The summed E-state index contributed by atoms with van der Waals surface area (Å²) >= 11 is 0. The summed E-state index contributed by atoms with van der Waals surface area (Å²) in [5.41, 5.74) is 0.538. The predicted octanol–water partition coefficient (Wildman–Crippen LogP) is 3.57. The van der Waals surface area contributed by atoms with Gasteiger partial charge >= 0.3 is 7.60 Å². The fraction of sp³-hybridized carbons (Fsp3) is 0.133. The Kier molecular flexibility index (Phi) is 3.11. The van der Waals surface area contributed by atoms with Crippen molar-refractivity contribution in [2.75, 3.05) is 0 Å². The third-order valence-electron chi connectivity index (χ3n) is 3.10. The molecule has 0 fully saturated rings. The lowest BCUT2D eigenvalue weighted by atomic mass is 10.1. The van der Waals surface area contributed by atoms with E-state index >= 15 is 0 Å². The highest BCUT2D eigenvalue weighted by Crippen LogP contribution is 2.57. The maximum Gasteiger partial charge on any atom is 0.463 e.